The van der Waals surface area contributed by atoms with Crippen LogP contribution in [-0.2, 0) is 12.8 Å². The summed E-state index contributed by atoms with van der Waals surface area (Å²) in [6.07, 6.45) is 4.79. The average Bonchev–Trinajstić information content (AvgIpc) is 2.70. The predicted molar refractivity (Wildman–Crippen MR) is 67.5 cm³/mol. The first-order chi connectivity index (χ1) is 7.36. The van der Waals surface area contributed by atoms with E-state index in [1.165, 1.54) is 47.6 Å². The normalized spacial score (nSPS) is 11.1. The molecule has 0 bridgehead atoms. The lowest BCUT2D eigenvalue weighted by atomic mass is 9.96. The Labute approximate surface area is 95.9 Å². The fourth-order valence-corrected chi connectivity index (χ4v) is 2.73. The third kappa shape index (κ3) is 2.07. The van der Waals surface area contributed by atoms with E-state index in [0.717, 1.165) is 0 Å². The van der Waals surface area contributed by atoms with Crippen LogP contribution >= 0.6 is 11.3 Å². The van der Waals surface area contributed by atoms with E-state index in [4.69, 9.17) is 0 Å². The minimum atomic E-state index is 1.17. The Morgan fingerprint density at radius 2 is 1.87 bits per heavy atom. The summed E-state index contributed by atoms with van der Waals surface area (Å²) in [5.41, 5.74) is 3.02. The molecule has 0 aliphatic heterocycles. The molecular weight excluding hydrogens is 200 g/mol. The van der Waals surface area contributed by atoms with Gasteiger partial charge in [-0.05, 0) is 24.0 Å². The Kier molecular flexibility index (Phi) is 3.42. The van der Waals surface area contributed by atoms with Crippen LogP contribution in [0.3, 0.4) is 0 Å². The van der Waals surface area contributed by atoms with E-state index in [9.17, 15) is 0 Å². The maximum Gasteiger partial charge on any atom is 0.0537 e. The lowest BCUT2D eigenvalue weighted by Crippen LogP contribution is -1.94. The van der Waals surface area contributed by atoms with Crippen LogP contribution < -0.4 is 0 Å². The molecule has 0 N–H and O–H groups in total. The van der Waals surface area contributed by atoms with Gasteiger partial charge in [0.1, 0.15) is 0 Å². The maximum absolute atomic E-state index is 3.36. The fraction of sp³-hybridized carbons (Fsp3) is 0.429. The van der Waals surface area contributed by atoms with E-state index in [0.29, 0.717) is 0 Å². The lowest BCUT2D eigenvalue weighted by Gasteiger charge is -2.09. The Morgan fingerprint density at radius 3 is 2.60 bits per heavy atom. The van der Waals surface area contributed by atoms with Gasteiger partial charge in [-0.3, -0.25) is 0 Å². The van der Waals surface area contributed by atoms with E-state index in [1.54, 1.807) is 11.3 Å². The molecule has 0 nitrogen and oxygen atoms in total. The zero-order valence-electron chi connectivity index (χ0n) is 9.39. The Balaban J connectivity index is 2.53. The number of benzene rings is 1. The summed E-state index contributed by atoms with van der Waals surface area (Å²) in [5.74, 6) is 0. The van der Waals surface area contributed by atoms with Gasteiger partial charge in [0.05, 0.1) is 10.8 Å². The van der Waals surface area contributed by atoms with Gasteiger partial charge in [-0.1, -0.05) is 38.8 Å². The van der Waals surface area contributed by atoms with Gasteiger partial charge in [0.2, 0.25) is 0 Å². The first-order valence-corrected chi connectivity index (χ1v) is 6.51. The molecule has 0 atom stereocenters. The Bertz CT molecular complexity index is 440. The van der Waals surface area contributed by atoms with Crippen molar-refractivity contribution in [1.82, 2.24) is 0 Å². The summed E-state index contributed by atoms with van der Waals surface area (Å²) in [4.78, 5) is 0. The number of aryl methyl sites for hydroxylation is 2. The second-order valence-electron chi connectivity index (χ2n) is 3.93. The minimum Gasteiger partial charge on any atom is -0.132 e. The van der Waals surface area contributed by atoms with Crippen molar-refractivity contribution in [2.45, 2.75) is 39.5 Å². The summed E-state index contributed by atoms with van der Waals surface area (Å²) in [7, 11) is 0. The molecule has 1 heterocycles. The van der Waals surface area contributed by atoms with E-state index in [1.807, 2.05) is 0 Å². The smallest absolute Gasteiger partial charge is 0.0537 e. The Hall–Kier alpha value is -0.820. The average molecular weight is 216 g/mol. The van der Waals surface area contributed by atoms with Crippen molar-refractivity contribution in [3.63, 3.8) is 0 Å². The summed E-state index contributed by atoms with van der Waals surface area (Å²) < 4.78 is 0. The highest BCUT2D eigenvalue weighted by Gasteiger charge is 2.07. The van der Waals surface area contributed by atoms with Gasteiger partial charge in [-0.15, -0.1) is 11.3 Å². The van der Waals surface area contributed by atoms with Crippen molar-refractivity contribution in [1.29, 1.82) is 0 Å². The molecule has 1 aromatic heterocycles. The topological polar surface area (TPSA) is 0 Å². The van der Waals surface area contributed by atoms with Gasteiger partial charge in [-0.25, -0.2) is 0 Å². The summed E-state index contributed by atoms with van der Waals surface area (Å²) in [5, 5.41) is 9.18. The molecule has 2 aromatic rings. The van der Waals surface area contributed by atoms with Crippen LogP contribution in [0.2, 0.25) is 0 Å². The molecule has 0 saturated heterocycles. The van der Waals surface area contributed by atoms with Crippen molar-refractivity contribution < 1.29 is 0 Å². The van der Waals surface area contributed by atoms with Crippen LogP contribution in [-0.4, -0.2) is 0 Å². The van der Waals surface area contributed by atoms with Crippen LogP contribution in [0.5, 0.6) is 0 Å². The summed E-state index contributed by atoms with van der Waals surface area (Å²) in [6, 6.07) is 4.46. The fourth-order valence-electron chi connectivity index (χ4n) is 2.06. The number of fused-ring (bicyclic) bond motifs is 1. The largest absolute Gasteiger partial charge is 0.132 e. The number of hydrogen-bond donors (Lipinski definition) is 0. The zero-order valence-corrected chi connectivity index (χ0v) is 10.2. The molecule has 0 aliphatic rings. The SMILES string of the molecule is CCCc1ccc2[c]s[c]c2c1CCC. The first kappa shape index (κ1) is 10.7. The highest BCUT2D eigenvalue weighted by Crippen LogP contribution is 2.26. The molecular formula is C14H16S. The minimum absolute atomic E-state index is 1.17. The summed E-state index contributed by atoms with van der Waals surface area (Å²) >= 11 is 1.57. The molecule has 78 valence electrons. The third-order valence-electron chi connectivity index (χ3n) is 2.74. The summed E-state index contributed by atoms with van der Waals surface area (Å²) in [6.45, 7) is 4.48. The predicted octanol–water partition coefficient (Wildman–Crippen LogP) is 4.41. The van der Waals surface area contributed by atoms with Gasteiger partial charge in [-0.2, -0.15) is 0 Å². The highest BCUT2D eigenvalue weighted by atomic mass is 32.1. The van der Waals surface area contributed by atoms with Gasteiger partial charge < -0.3 is 0 Å². The second-order valence-corrected chi connectivity index (χ2v) is 4.54. The van der Waals surface area contributed by atoms with Crippen LogP contribution in [0.25, 0.3) is 10.8 Å². The molecule has 2 rings (SSSR count). The quantitative estimate of drug-likeness (QED) is 0.710. The van der Waals surface area contributed by atoms with E-state index < -0.39 is 0 Å². The first-order valence-electron chi connectivity index (χ1n) is 5.69. The molecule has 15 heavy (non-hydrogen) atoms. The van der Waals surface area contributed by atoms with Gasteiger partial charge in [0.15, 0.2) is 0 Å². The van der Waals surface area contributed by atoms with Crippen molar-refractivity contribution in [3.05, 3.63) is 34.0 Å². The van der Waals surface area contributed by atoms with Crippen molar-refractivity contribution in [3.8, 4) is 0 Å². The molecule has 0 saturated carbocycles. The highest BCUT2D eigenvalue weighted by molar-refractivity contribution is 7.08. The van der Waals surface area contributed by atoms with Gasteiger partial charge >= 0.3 is 0 Å². The molecule has 0 amide bonds. The van der Waals surface area contributed by atoms with Crippen molar-refractivity contribution in [2.24, 2.45) is 0 Å². The van der Waals surface area contributed by atoms with Gasteiger partial charge in [0, 0.05) is 10.8 Å². The standard InChI is InChI=1S/C14H16S/c1-3-5-11-7-8-12-9-15-10-14(12)13(11)6-4-2/h7-8H,3-6H2,1-2H3. The van der Waals surface area contributed by atoms with E-state index >= 15 is 0 Å². The maximum atomic E-state index is 3.36. The van der Waals surface area contributed by atoms with Crippen LogP contribution in [0.15, 0.2) is 12.1 Å². The monoisotopic (exact) mass is 216 g/mol. The van der Waals surface area contributed by atoms with Crippen LogP contribution in [0.4, 0.5) is 0 Å². The van der Waals surface area contributed by atoms with Crippen LogP contribution in [0, 0.1) is 10.8 Å². The van der Waals surface area contributed by atoms with Gasteiger partial charge in [0.25, 0.3) is 0 Å². The molecule has 1 aromatic carbocycles. The number of hydrogen-bond acceptors (Lipinski definition) is 1. The van der Waals surface area contributed by atoms with Crippen molar-refractivity contribution >= 4 is 22.1 Å². The van der Waals surface area contributed by atoms with Crippen LogP contribution in [0.1, 0.15) is 37.8 Å². The van der Waals surface area contributed by atoms with E-state index in [2.05, 4.69) is 36.7 Å². The second kappa shape index (κ2) is 4.80. The Morgan fingerprint density at radius 1 is 1.07 bits per heavy atom. The molecule has 0 fully saturated rings. The molecule has 1 heteroatoms. The molecule has 0 aliphatic carbocycles. The number of thiophene rings is 1. The number of rotatable bonds is 4. The third-order valence-corrected chi connectivity index (χ3v) is 3.37. The molecule has 0 spiro atoms. The zero-order chi connectivity index (χ0) is 10.7. The van der Waals surface area contributed by atoms with Crippen molar-refractivity contribution in [2.75, 3.05) is 0 Å². The lowest BCUT2D eigenvalue weighted by molar-refractivity contribution is 0.868. The van der Waals surface area contributed by atoms with E-state index in [-0.39, 0.29) is 0 Å². The molecule has 0 unspecified atom stereocenters. The molecule has 2 radical (unpaired) electrons.